The molecule has 1 aromatic heterocycles. The van der Waals surface area contributed by atoms with E-state index >= 15 is 0 Å². The third-order valence-electron chi connectivity index (χ3n) is 4.16. The second-order valence-corrected chi connectivity index (χ2v) is 6.92. The Morgan fingerprint density at radius 2 is 1.81 bits per heavy atom. The van der Waals surface area contributed by atoms with Crippen LogP contribution in [-0.4, -0.2) is 33.5 Å². The molecule has 6 nitrogen and oxygen atoms in total. The van der Waals surface area contributed by atoms with Gasteiger partial charge in [0.1, 0.15) is 5.75 Å². The largest absolute Gasteiger partial charge is 0.497 e. The fraction of sp³-hybridized carbons (Fsp3) is 0.250. The number of nitrogens with one attached hydrogen (secondary N) is 1. The normalized spacial score (nSPS) is 10.6. The van der Waals surface area contributed by atoms with Gasteiger partial charge < -0.3 is 14.6 Å². The Hall–Kier alpha value is -2.80. The zero-order valence-corrected chi connectivity index (χ0v) is 16.4. The summed E-state index contributed by atoms with van der Waals surface area (Å²) in [5.74, 6) is 1.70. The van der Waals surface area contributed by atoms with E-state index in [-0.39, 0.29) is 11.7 Å². The van der Waals surface area contributed by atoms with Gasteiger partial charge in [-0.25, -0.2) is 0 Å². The summed E-state index contributed by atoms with van der Waals surface area (Å²) in [6.45, 7) is 2.13. The Morgan fingerprint density at radius 1 is 1.11 bits per heavy atom. The number of anilines is 1. The zero-order valence-electron chi connectivity index (χ0n) is 15.6. The van der Waals surface area contributed by atoms with Crippen LogP contribution < -0.4 is 10.1 Å². The fourth-order valence-electron chi connectivity index (χ4n) is 2.58. The molecule has 0 unspecified atom stereocenters. The van der Waals surface area contributed by atoms with Crippen LogP contribution in [0.5, 0.6) is 5.75 Å². The molecule has 0 aliphatic carbocycles. The number of aromatic nitrogens is 3. The molecule has 7 heteroatoms. The van der Waals surface area contributed by atoms with E-state index in [1.54, 1.807) is 7.11 Å². The van der Waals surface area contributed by atoms with Gasteiger partial charge in [-0.3, -0.25) is 4.79 Å². The van der Waals surface area contributed by atoms with E-state index in [0.717, 1.165) is 29.2 Å². The maximum Gasteiger partial charge on any atom is 0.234 e. The summed E-state index contributed by atoms with van der Waals surface area (Å²) < 4.78 is 7.02. The second-order valence-electron chi connectivity index (χ2n) is 5.98. The molecule has 3 rings (SSSR count). The van der Waals surface area contributed by atoms with Gasteiger partial charge in [-0.1, -0.05) is 43.0 Å². The molecule has 3 aromatic rings. The number of benzene rings is 2. The van der Waals surface area contributed by atoms with Crippen LogP contribution in [0.2, 0.25) is 0 Å². The summed E-state index contributed by atoms with van der Waals surface area (Å²) >= 11 is 1.36. The third kappa shape index (κ3) is 4.68. The standard InChI is InChI=1S/C20H22N4O2S/c1-4-14-5-7-15(8-6-14)19-22-23-20(24(19)2)27-13-18(25)21-16-9-11-17(26-3)12-10-16/h5-12H,4,13H2,1-3H3,(H,21,25). The van der Waals surface area contributed by atoms with Gasteiger partial charge in [0.25, 0.3) is 0 Å². The lowest BCUT2D eigenvalue weighted by Crippen LogP contribution is -2.14. The van der Waals surface area contributed by atoms with Crippen molar-refractivity contribution in [3.63, 3.8) is 0 Å². The molecule has 0 aliphatic heterocycles. The van der Waals surface area contributed by atoms with Gasteiger partial charge in [-0.05, 0) is 36.2 Å². The quantitative estimate of drug-likeness (QED) is 0.630. The molecule has 0 saturated carbocycles. The molecule has 1 N–H and O–H groups in total. The number of nitrogens with zero attached hydrogens (tertiary/aromatic N) is 3. The van der Waals surface area contributed by atoms with Gasteiger partial charge in [0, 0.05) is 18.3 Å². The molecule has 0 radical (unpaired) electrons. The minimum Gasteiger partial charge on any atom is -0.497 e. The summed E-state index contributed by atoms with van der Waals surface area (Å²) in [7, 11) is 3.52. The molecule has 0 atom stereocenters. The van der Waals surface area contributed by atoms with E-state index in [0.29, 0.717) is 5.16 Å². The number of thioether (sulfide) groups is 1. The van der Waals surface area contributed by atoms with Crippen molar-refractivity contribution in [2.75, 3.05) is 18.2 Å². The van der Waals surface area contributed by atoms with Crippen LogP contribution in [0.4, 0.5) is 5.69 Å². The van der Waals surface area contributed by atoms with E-state index in [4.69, 9.17) is 4.74 Å². The number of methoxy groups -OCH3 is 1. The minimum atomic E-state index is -0.0954. The molecule has 1 amide bonds. The van der Waals surface area contributed by atoms with Crippen LogP contribution in [0.25, 0.3) is 11.4 Å². The molecule has 0 aliphatic rings. The number of hydrogen-bond acceptors (Lipinski definition) is 5. The van der Waals surface area contributed by atoms with Crippen LogP contribution in [0.3, 0.4) is 0 Å². The molecule has 0 spiro atoms. The van der Waals surface area contributed by atoms with Crippen molar-refractivity contribution in [1.82, 2.24) is 14.8 Å². The van der Waals surface area contributed by atoms with Crippen LogP contribution in [0.1, 0.15) is 12.5 Å². The van der Waals surface area contributed by atoms with Crippen LogP contribution in [0, 0.1) is 0 Å². The Bertz CT molecular complexity index is 905. The highest BCUT2D eigenvalue weighted by molar-refractivity contribution is 7.99. The number of aryl methyl sites for hydroxylation is 1. The summed E-state index contributed by atoms with van der Waals surface area (Å²) in [6, 6.07) is 15.5. The van der Waals surface area contributed by atoms with Crippen molar-refractivity contribution < 1.29 is 9.53 Å². The average molecular weight is 382 g/mol. The zero-order chi connectivity index (χ0) is 19.2. The predicted octanol–water partition coefficient (Wildman–Crippen LogP) is 3.78. The van der Waals surface area contributed by atoms with Gasteiger partial charge in [-0.15, -0.1) is 10.2 Å². The number of amides is 1. The highest BCUT2D eigenvalue weighted by atomic mass is 32.2. The summed E-state index contributed by atoms with van der Waals surface area (Å²) in [6.07, 6.45) is 1.00. The van der Waals surface area contributed by atoms with Gasteiger partial charge in [0.15, 0.2) is 11.0 Å². The molecular weight excluding hydrogens is 360 g/mol. The summed E-state index contributed by atoms with van der Waals surface area (Å²) in [4.78, 5) is 12.2. The Labute approximate surface area is 163 Å². The van der Waals surface area contributed by atoms with Crippen LogP contribution >= 0.6 is 11.8 Å². The number of ether oxygens (including phenoxy) is 1. The molecule has 0 bridgehead atoms. The SMILES string of the molecule is CCc1ccc(-c2nnc(SCC(=O)Nc3ccc(OC)cc3)n2C)cc1. The van der Waals surface area contributed by atoms with E-state index in [9.17, 15) is 4.79 Å². The third-order valence-corrected chi connectivity index (χ3v) is 5.18. The molecule has 0 saturated heterocycles. The molecule has 1 heterocycles. The van der Waals surface area contributed by atoms with Gasteiger partial charge in [0.05, 0.1) is 12.9 Å². The van der Waals surface area contributed by atoms with Crippen molar-refractivity contribution in [2.24, 2.45) is 7.05 Å². The fourth-order valence-corrected chi connectivity index (χ4v) is 3.29. The first kappa shape index (κ1) is 19.0. The van der Waals surface area contributed by atoms with E-state index in [1.165, 1.54) is 17.3 Å². The monoisotopic (exact) mass is 382 g/mol. The number of hydrogen-bond donors (Lipinski definition) is 1. The lowest BCUT2D eigenvalue weighted by atomic mass is 10.1. The average Bonchev–Trinajstić information content (AvgIpc) is 3.07. The Kier molecular flexibility index (Phi) is 6.13. The maximum atomic E-state index is 12.2. The highest BCUT2D eigenvalue weighted by Crippen LogP contribution is 2.23. The van der Waals surface area contributed by atoms with E-state index < -0.39 is 0 Å². The van der Waals surface area contributed by atoms with Gasteiger partial charge in [-0.2, -0.15) is 0 Å². The second kappa shape index (κ2) is 8.73. The Balaban J connectivity index is 1.60. The summed E-state index contributed by atoms with van der Waals surface area (Å²) in [5, 5.41) is 12.0. The number of carbonyl (C=O) groups excluding carboxylic acids is 1. The van der Waals surface area contributed by atoms with Crippen molar-refractivity contribution in [3.8, 4) is 17.1 Å². The highest BCUT2D eigenvalue weighted by Gasteiger charge is 2.13. The number of carbonyl (C=O) groups is 1. The first-order chi connectivity index (χ1) is 13.1. The molecule has 2 aromatic carbocycles. The summed E-state index contributed by atoms with van der Waals surface area (Å²) in [5.41, 5.74) is 3.03. The molecule has 27 heavy (non-hydrogen) atoms. The van der Waals surface area contributed by atoms with Crippen LogP contribution in [-0.2, 0) is 18.3 Å². The van der Waals surface area contributed by atoms with Gasteiger partial charge in [0.2, 0.25) is 5.91 Å². The first-order valence-electron chi connectivity index (χ1n) is 8.66. The topological polar surface area (TPSA) is 69.0 Å². The lowest BCUT2D eigenvalue weighted by molar-refractivity contribution is -0.113. The van der Waals surface area contributed by atoms with Crippen molar-refractivity contribution in [2.45, 2.75) is 18.5 Å². The first-order valence-corrected chi connectivity index (χ1v) is 9.64. The maximum absolute atomic E-state index is 12.2. The molecule has 140 valence electrons. The van der Waals surface area contributed by atoms with Crippen molar-refractivity contribution in [1.29, 1.82) is 0 Å². The van der Waals surface area contributed by atoms with Crippen LogP contribution in [0.15, 0.2) is 53.7 Å². The molecular formula is C20H22N4O2S. The smallest absolute Gasteiger partial charge is 0.234 e. The van der Waals surface area contributed by atoms with Gasteiger partial charge >= 0.3 is 0 Å². The van der Waals surface area contributed by atoms with Crippen molar-refractivity contribution >= 4 is 23.4 Å². The van der Waals surface area contributed by atoms with Crippen molar-refractivity contribution in [3.05, 3.63) is 54.1 Å². The van der Waals surface area contributed by atoms with E-state index in [1.807, 2.05) is 48.0 Å². The van der Waals surface area contributed by atoms with E-state index in [2.05, 4.69) is 34.6 Å². The lowest BCUT2D eigenvalue weighted by Gasteiger charge is -2.07. The number of rotatable bonds is 7. The molecule has 0 fully saturated rings. The Morgan fingerprint density at radius 3 is 2.44 bits per heavy atom. The minimum absolute atomic E-state index is 0.0954. The predicted molar refractivity (Wildman–Crippen MR) is 108 cm³/mol.